The zero-order valence-electron chi connectivity index (χ0n) is 15.4. The molecule has 2 heterocycles. The molecular formula is C19H23N7O. The second-order valence-electron chi connectivity index (χ2n) is 6.70. The van der Waals surface area contributed by atoms with E-state index in [2.05, 4.69) is 35.8 Å². The number of hydrogen-bond donors (Lipinski definition) is 3. The van der Waals surface area contributed by atoms with Gasteiger partial charge in [-0.25, -0.2) is 0 Å². The Morgan fingerprint density at radius 1 is 1.15 bits per heavy atom. The van der Waals surface area contributed by atoms with E-state index < -0.39 is 0 Å². The van der Waals surface area contributed by atoms with Crippen molar-refractivity contribution in [2.24, 2.45) is 0 Å². The van der Waals surface area contributed by atoms with Gasteiger partial charge in [-0.15, -0.1) is 0 Å². The average Bonchev–Trinajstić information content (AvgIpc) is 3.41. The first-order valence-electron chi connectivity index (χ1n) is 9.06. The van der Waals surface area contributed by atoms with Crippen LogP contribution < -0.4 is 10.6 Å². The lowest BCUT2D eigenvalue weighted by molar-refractivity contribution is 0.186. The normalized spacial score (nSPS) is 14.7. The molecule has 140 valence electrons. The lowest BCUT2D eigenvalue weighted by atomic mass is 10.1. The number of benzene rings is 1. The van der Waals surface area contributed by atoms with Gasteiger partial charge in [0.1, 0.15) is 5.82 Å². The molecular weight excluding hydrogens is 342 g/mol. The summed E-state index contributed by atoms with van der Waals surface area (Å²) >= 11 is 0. The fourth-order valence-electron chi connectivity index (χ4n) is 2.95. The summed E-state index contributed by atoms with van der Waals surface area (Å²) in [6, 6.07) is 12.0. The van der Waals surface area contributed by atoms with E-state index >= 15 is 0 Å². The van der Waals surface area contributed by atoms with E-state index in [4.69, 9.17) is 4.74 Å². The highest BCUT2D eigenvalue weighted by Gasteiger charge is 2.25. The van der Waals surface area contributed by atoms with Gasteiger partial charge in [0.25, 0.3) is 0 Å². The number of nitrogens with zero attached hydrogens (tertiary/aromatic N) is 4. The molecule has 0 amide bonds. The molecule has 0 saturated heterocycles. The fourth-order valence-corrected chi connectivity index (χ4v) is 2.95. The Morgan fingerprint density at radius 3 is 2.67 bits per heavy atom. The number of aromatic nitrogens is 5. The van der Waals surface area contributed by atoms with E-state index in [1.165, 1.54) is 12.8 Å². The molecule has 2 aromatic heterocycles. The van der Waals surface area contributed by atoms with Gasteiger partial charge in [-0.2, -0.15) is 20.1 Å². The zero-order chi connectivity index (χ0) is 18.6. The van der Waals surface area contributed by atoms with Gasteiger partial charge in [0.05, 0.1) is 12.6 Å². The van der Waals surface area contributed by atoms with E-state index in [9.17, 15) is 0 Å². The zero-order valence-corrected chi connectivity index (χ0v) is 15.4. The highest BCUT2D eigenvalue weighted by molar-refractivity contribution is 5.50. The molecule has 4 rings (SSSR count). The predicted molar refractivity (Wildman–Crippen MR) is 103 cm³/mol. The summed E-state index contributed by atoms with van der Waals surface area (Å²) in [5, 5.41) is 13.9. The summed E-state index contributed by atoms with van der Waals surface area (Å²) in [6.45, 7) is 2.34. The third kappa shape index (κ3) is 4.40. The first-order chi connectivity index (χ1) is 13.2. The van der Waals surface area contributed by atoms with Crippen molar-refractivity contribution in [3.8, 4) is 0 Å². The SMILES string of the molecule is COCC(Nc1nc(C)nc(Nc2cc(C3CC3)[nH]n2)n1)c1ccccc1. The fraction of sp³-hybridized carbons (Fsp3) is 0.368. The number of aryl methyl sites for hydroxylation is 1. The summed E-state index contributed by atoms with van der Waals surface area (Å²) < 4.78 is 5.35. The molecule has 3 aromatic rings. The van der Waals surface area contributed by atoms with Crippen molar-refractivity contribution in [3.63, 3.8) is 0 Å². The molecule has 0 radical (unpaired) electrons. The Morgan fingerprint density at radius 2 is 1.93 bits per heavy atom. The molecule has 3 N–H and O–H groups in total. The van der Waals surface area contributed by atoms with Gasteiger partial charge in [0.2, 0.25) is 11.9 Å². The van der Waals surface area contributed by atoms with Crippen molar-refractivity contribution < 1.29 is 4.74 Å². The lowest BCUT2D eigenvalue weighted by Gasteiger charge is -2.18. The Bertz CT molecular complexity index is 892. The van der Waals surface area contributed by atoms with Crippen LogP contribution in [-0.4, -0.2) is 38.9 Å². The molecule has 1 aliphatic carbocycles. The van der Waals surface area contributed by atoms with E-state index in [0.717, 1.165) is 11.3 Å². The van der Waals surface area contributed by atoms with E-state index in [0.29, 0.717) is 36.1 Å². The third-order valence-electron chi connectivity index (χ3n) is 4.44. The molecule has 1 unspecified atom stereocenters. The van der Waals surface area contributed by atoms with Crippen LogP contribution in [0.1, 0.15) is 41.9 Å². The molecule has 1 atom stereocenters. The number of aromatic amines is 1. The van der Waals surface area contributed by atoms with Gasteiger partial charge in [-0.1, -0.05) is 30.3 Å². The van der Waals surface area contributed by atoms with Crippen molar-refractivity contribution in [1.82, 2.24) is 25.1 Å². The van der Waals surface area contributed by atoms with Crippen LogP contribution in [0.2, 0.25) is 0 Å². The number of hydrogen-bond acceptors (Lipinski definition) is 7. The van der Waals surface area contributed by atoms with Gasteiger partial charge in [0, 0.05) is 24.8 Å². The third-order valence-corrected chi connectivity index (χ3v) is 4.44. The molecule has 8 nitrogen and oxygen atoms in total. The number of methoxy groups -OCH3 is 1. The number of ether oxygens (including phenoxy) is 1. The van der Waals surface area contributed by atoms with Crippen LogP contribution in [0, 0.1) is 6.92 Å². The van der Waals surface area contributed by atoms with E-state index in [1.54, 1.807) is 7.11 Å². The molecule has 0 spiro atoms. The average molecular weight is 365 g/mol. The predicted octanol–water partition coefficient (Wildman–Crippen LogP) is 3.32. The van der Waals surface area contributed by atoms with Crippen molar-refractivity contribution in [2.75, 3.05) is 24.4 Å². The monoisotopic (exact) mass is 365 g/mol. The number of nitrogens with one attached hydrogen (secondary N) is 3. The quantitative estimate of drug-likeness (QED) is 0.563. The Balaban J connectivity index is 1.51. The minimum atomic E-state index is -0.0577. The van der Waals surface area contributed by atoms with Crippen molar-refractivity contribution in [2.45, 2.75) is 31.7 Å². The van der Waals surface area contributed by atoms with Crippen LogP contribution in [-0.2, 0) is 4.74 Å². The molecule has 1 aliphatic rings. The van der Waals surface area contributed by atoms with Crippen molar-refractivity contribution >= 4 is 17.7 Å². The van der Waals surface area contributed by atoms with E-state index in [1.807, 2.05) is 43.3 Å². The standard InChI is InChI=1S/C19H23N7O/c1-12-20-18(22-16(11-27-2)13-6-4-3-5-7-13)24-19(21-12)23-17-10-15(25-26-17)14-8-9-14/h3-7,10,14,16H,8-9,11H2,1-2H3,(H3,20,21,22,23,24,25,26). The van der Waals surface area contributed by atoms with Crippen molar-refractivity contribution in [3.05, 3.63) is 53.5 Å². The number of anilines is 3. The summed E-state index contributed by atoms with van der Waals surface area (Å²) in [7, 11) is 1.68. The molecule has 1 aromatic carbocycles. The molecule has 8 heteroatoms. The Hall–Kier alpha value is -3.00. The van der Waals surface area contributed by atoms with Gasteiger partial charge in [-0.3, -0.25) is 5.10 Å². The van der Waals surface area contributed by atoms with Crippen LogP contribution >= 0.6 is 0 Å². The summed E-state index contributed by atoms with van der Waals surface area (Å²) in [4.78, 5) is 13.3. The van der Waals surface area contributed by atoms with Crippen molar-refractivity contribution in [1.29, 1.82) is 0 Å². The first-order valence-corrected chi connectivity index (χ1v) is 9.06. The van der Waals surface area contributed by atoms with Gasteiger partial charge in [0.15, 0.2) is 5.82 Å². The topological polar surface area (TPSA) is 101 Å². The maximum Gasteiger partial charge on any atom is 0.233 e. The van der Waals surface area contributed by atoms with Gasteiger partial charge >= 0.3 is 0 Å². The molecule has 27 heavy (non-hydrogen) atoms. The molecule has 1 fully saturated rings. The summed E-state index contributed by atoms with van der Waals surface area (Å²) in [6.07, 6.45) is 2.45. The largest absolute Gasteiger partial charge is 0.382 e. The second-order valence-corrected chi connectivity index (χ2v) is 6.70. The van der Waals surface area contributed by atoms with Gasteiger partial charge in [-0.05, 0) is 25.3 Å². The highest BCUT2D eigenvalue weighted by atomic mass is 16.5. The number of H-pyrrole nitrogens is 1. The minimum absolute atomic E-state index is 0.0577. The van der Waals surface area contributed by atoms with Crippen LogP contribution in [0.5, 0.6) is 0 Å². The first kappa shape index (κ1) is 17.4. The summed E-state index contributed by atoms with van der Waals surface area (Å²) in [5.74, 6) is 2.91. The lowest BCUT2D eigenvalue weighted by Crippen LogP contribution is -2.18. The Labute approximate surface area is 157 Å². The van der Waals surface area contributed by atoms with Crippen LogP contribution in [0.15, 0.2) is 36.4 Å². The number of rotatable bonds is 8. The summed E-state index contributed by atoms with van der Waals surface area (Å²) in [5.41, 5.74) is 2.26. The maximum absolute atomic E-state index is 5.35. The van der Waals surface area contributed by atoms with Crippen LogP contribution in [0.25, 0.3) is 0 Å². The minimum Gasteiger partial charge on any atom is -0.382 e. The molecule has 0 bridgehead atoms. The Kier molecular flexibility index (Phi) is 4.97. The highest BCUT2D eigenvalue weighted by Crippen LogP contribution is 2.39. The smallest absolute Gasteiger partial charge is 0.233 e. The van der Waals surface area contributed by atoms with Crippen LogP contribution in [0.4, 0.5) is 17.7 Å². The van der Waals surface area contributed by atoms with Gasteiger partial charge < -0.3 is 15.4 Å². The van der Waals surface area contributed by atoms with Crippen LogP contribution in [0.3, 0.4) is 0 Å². The van der Waals surface area contributed by atoms with E-state index in [-0.39, 0.29) is 6.04 Å². The maximum atomic E-state index is 5.35. The molecule has 1 saturated carbocycles. The molecule has 0 aliphatic heterocycles. The second kappa shape index (κ2) is 7.71.